The van der Waals surface area contributed by atoms with E-state index >= 15 is 0 Å². The Morgan fingerprint density at radius 1 is 1.40 bits per heavy atom. The number of hydrogen-bond acceptors (Lipinski definition) is 4. The third kappa shape index (κ3) is 3.90. The number of rotatable bonds is 6. The highest BCUT2D eigenvalue weighted by Gasteiger charge is 2.40. The number of anilines is 1. The van der Waals surface area contributed by atoms with Gasteiger partial charge in [0.2, 0.25) is 5.95 Å². The molecule has 0 bridgehead atoms. The zero-order valence-corrected chi connectivity index (χ0v) is 14.9. The van der Waals surface area contributed by atoms with Crippen molar-refractivity contribution in [3.8, 4) is 0 Å². The third-order valence-electron chi connectivity index (χ3n) is 4.38. The molecule has 1 aromatic heterocycles. The molecule has 1 aliphatic rings. The Kier molecular flexibility index (Phi) is 5.18. The number of carbonyl (C=O) groups is 1. The molecule has 25 heavy (non-hydrogen) atoms. The number of halogens is 2. The first-order valence-corrected chi connectivity index (χ1v) is 8.75. The van der Waals surface area contributed by atoms with Gasteiger partial charge in [-0.15, -0.1) is 0 Å². The van der Waals surface area contributed by atoms with Gasteiger partial charge in [-0.25, -0.2) is 14.4 Å². The molecule has 1 N–H and O–H groups in total. The van der Waals surface area contributed by atoms with Crippen LogP contribution in [0.25, 0.3) is 0 Å². The van der Waals surface area contributed by atoms with Gasteiger partial charge in [-0.3, -0.25) is 4.79 Å². The molecule has 132 valence electrons. The van der Waals surface area contributed by atoms with Gasteiger partial charge in [-0.2, -0.15) is 0 Å². The van der Waals surface area contributed by atoms with Gasteiger partial charge < -0.3 is 10.2 Å². The summed E-state index contributed by atoms with van der Waals surface area (Å²) < 4.78 is 13.3. The lowest BCUT2D eigenvalue weighted by Gasteiger charge is -2.19. The minimum atomic E-state index is -0.329. The van der Waals surface area contributed by atoms with Crippen molar-refractivity contribution in [1.82, 2.24) is 15.3 Å². The maximum Gasteiger partial charge on any atom is 0.271 e. The summed E-state index contributed by atoms with van der Waals surface area (Å²) in [5.74, 6) is 0.0152. The second-order valence-corrected chi connectivity index (χ2v) is 6.42. The zero-order valence-electron chi connectivity index (χ0n) is 14.2. The zero-order chi connectivity index (χ0) is 18.0. The number of nitrogens with one attached hydrogen (secondary N) is 1. The van der Waals surface area contributed by atoms with Gasteiger partial charge in [-0.05, 0) is 38.0 Å². The lowest BCUT2D eigenvalue weighted by molar-refractivity contribution is 0.0945. The fourth-order valence-corrected chi connectivity index (χ4v) is 3.05. The summed E-state index contributed by atoms with van der Waals surface area (Å²) in [6, 6.07) is 6.44. The molecule has 1 aliphatic carbocycles. The summed E-state index contributed by atoms with van der Waals surface area (Å²) in [7, 11) is 0. The maximum absolute atomic E-state index is 13.3. The van der Waals surface area contributed by atoms with Crippen molar-refractivity contribution >= 4 is 23.5 Å². The van der Waals surface area contributed by atoms with Crippen LogP contribution in [0.4, 0.5) is 10.3 Å². The number of carbonyl (C=O) groups excluding carboxylic acids is 1. The minimum absolute atomic E-state index is 0.0303. The minimum Gasteiger partial charge on any atom is -0.347 e. The van der Waals surface area contributed by atoms with Crippen LogP contribution in [0.3, 0.4) is 0 Å². The van der Waals surface area contributed by atoms with Gasteiger partial charge in [0.15, 0.2) is 5.69 Å². The molecular weight excluding hydrogens is 343 g/mol. The first-order chi connectivity index (χ1) is 12.0. The average Bonchev–Trinajstić information content (AvgIpc) is 3.36. The predicted molar refractivity (Wildman–Crippen MR) is 95.6 cm³/mol. The van der Waals surface area contributed by atoms with Crippen LogP contribution in [-0.4, -0.2) is 35.0 Å². The topological polar surface area (TPSA) is 58.1 Å². The molecule has 0 saturated heterocycles. The van der Waals surface area contributed by atoms with Crippen molar-refractivity contribution < 1.29 is 9.18 Å². The summed E-state index contributed by atoms with van der Waals surface area (Å²) >= 11 is 6.11. The van der Waals surface area contributed by atoms with Crippen molar-refractivity contribution in [3.05, 3.63) is 52.6 Å². The predicted octanol–water partition coefficient (Wildman–Crippen LogP) is 3.40. The lowest BCUT2D eigenvalue weighted by Crippen LogP contribution is -2.30. The van der Waals surface area contributed by atoms with Gasteiger partial charge in [0.05, 0.1) is 11.2 Å². The first kappa shape index (κ1) is 17.6. The number of benzene rings is 1. The smallest absolute Gasteiger partial charge is 0.271 e. The van der Waals surface area contributed by atoms with E-state index in [4.69, 9.17) is 11.6 Å². The molecule has 0 spiro atoms. The van der Waals surface area contributed by atoms with Gasteiger partial charge in [0.25, 0.3) is 5.91 Å². The molecule has 1 saturated carbocycles. The quantitative estimate of drug-likeness (QED) is 0.855. The largest absolute Gasteiger partial charge is 0.347 e. The fourth-order valence-electron chi connectivity index (χ4n) is 2.87. The highest BCUT2D eigenvalue weighted by atomic mass is 35.5. The van der Waals surface area contributed by atoms with Crippen LogP contribution in [0.5, 0.6) is 0 Å². The van der Waals surface area contributed by atoms with E-state index in [1.165, 1.54) is 18.3 Å². The molecule has 1 amide bonds. The summed E-state index contributed by atoms with van der Waals surface area (Å²) in [5.41, 5.74) is 1.06. The van der Waals surface area contributed by atoms with Crippen molar-refractivity contribution in [3.63, 3.8) is 0 Å². The van der Waals surface area contributed by atoms with Crippen LogP contribution in [-0.2, 0) is 0 Å². The van der Waals surface area contributed by atoms with Gasteiger partial charge >= 0.3 is 0 Å². The summed E-state index contributed by atoms with van der Waals surface area (Å²) in [6.45, 7) is 5.47. The molecular formula is C18H20ClFN4O. The highest BCUT2D eigenvalue weighted by Crippen LogP contribution is 2.41. The number of hydrogen-bond donors (Lipinski definition) is 1. The van der Waals surface area contributed by atoms with Gasteiger partial charge in [-0.1, -0.05) is 23.7 Å². The molecule has 1 heterocycles. The fraction of sp³-hybridized carbons (Fsp3) is 0.389. The van der Waals surface area contributed by atoms with Crippen LogP contribution < -0.4 is 10.2 Å². The van der Waals surface area contributed by atoms with E-state index in [0.29, 0.717) is 5.95 Å². The number of nitrogens with zero attached hydrogens (tertiary/aromatic N) is 3. The Bertz CT molecular complexity index is 781. The Morgan fingerprint density at radius 3 is 2.84 bits per heavy atom. The van der Waals surface area contributed by atoms with Crippen LogP contribution in [0.2, 0.25) is 5.02 Å². The Hall–Kier alpha value is -2.21. The lowest BCUT2D eigenvalue weighted by atomic mass is 10.1. The SMILES string of the molecule is CCN(CC)c1ncc(Cl)c(C(=O)N[C@@H]2C[C@H]2c2cccc(F)c2)n1. The van der Waals surface area contributed by atoms with E-state index in [1.54, 1.807) is 6.07 Å². The number of amides is 1. The summed E-state index contributed by atoms with van der Waals surface area (Å²) in [6.07, 6.45) is 2.23. The van der Waals surface area contributed by atoms with Gasteiger partial charge in [0, 0.05) is 25.0 Å². The Balaban J connectivity index is 1.71. The maximum atomic E-state index is 13.3. The average molecular weight is 363 g/mol. The van der Waals surface area contributed by atoms with Crippen LogP contribution in [0.15, 0.2) is 30.5 Å². The van der Waals surface area contributed by atoms with Crippen molar-refractivity contribution in [2.24, 2.45) is 0 Å². The summed E-state index contributed by atoms with van der Waals surface area (Å²) in [4.78, 5) is 23.0. The second kappa shape index (κ2) is 7.35. The molecule has 0 unspecified atom stereocenters. The van der Waals surface area contributed by atoms with Crippen molar-refractivity contribution in [2.75, 3.05) is 18.0 Å². The van der Waals surface area contributed by atoms with Crippen molar-refractivity contribution in [1.29, 1.82) is 0 Å². The number of aromatic nitrogens is 2. The monoisotopic (exact) mass is 362 g/mol. The van der Waals surface area contributed by atoms with E-state index in [1.807, 2.05) is 24.8 Å². The van der Waals surface area contributed by atoms with E-state index in [0.717, 1.165) is 25.1 Å². The Labute approximate surface area is 151 Å². The third-order valence-corrected chi connectivity index (χ3v) is 4.65. The molecule has 2 atom stereocenters. The molecule has 2 aromatic rings. The van der Waals surface area contributed by atoms with Crippen molar-refractivity contribution in [2.45, 2.75) is 32.2 Å². The molecule has 1 aromatic carbocycles. The normalized spacial score (nSPS) is 18.7. The van der Waals surface area contributed by atoms with E-state index in [9.17, 15) is 9.18 Å². The second-order valence-electron chi connectivity index (χ2n) is 6.02. The van der Waals surface area contributed by atoms with Crippen LogP contribution in [0.1, 0.15) is 42.2 Å². The molecule has 0 aliphatic heterocycles. The molecule has 3 rings (SSSR count). The van der Waals surface area contributed by atoms with Crippen LogP contribution >= 0.6 is 11.6 Å². The molecule has 7 heteroatoms. The van der Waals surface area contributed by atoms with E-state index in [-0.39, 0.29) is 34.4 Å². The highest BCUT2D eigenvalue weighted by molar-refractivity contribution is 6.33. The molecule has 0 radical (unpaired) electrons. The first-order valence-electron chi connectivity index (χ1n) is 8.37. The van der Waals surface area contributed by atoms with Gasteiger partial charge in [0.1, 0.15) is 5.82 Å². The van der Waals surface area contributed by atoms with E-state index < -0.39 is 0 Å². The Morgan fingerprint density at radius 2 is 2.16 bits per heavy atom. The van der Waals surface area contributed by atoms with Crippen LogP contribution in [0, 0.1) is 5.82 Å². The molecule has 1 fully saturated rings. The standard InChI is InChI=1S/C18H20ClFN4O/c1-3-24(4-2)18-21-10-14(19)16(23-18)17(25)22-15-9-13(15)11-6-5-7-12(20)8-11/h5-8,10,13,15H,3-4,9H2,1-2H3,(H,22,25)/t13-,15+/m0/s1. The van der Waals surface area contributed by atoms with E-state index in [2.05, 4.69) is 15.3 Å². The summed E-state index contributed by atoms with van der Waals surface area (Å²) in [5, 5.41) is 3.15. The molecule has 5 nitrogen and oxygen atoms in total.